The van der Waals surface area contributed by atoms with Gasteiger partial charge in [-0.2, -0.15) is 5.10 Å². The molecule has 0 radical (unpaired) electrons. The van der Waals surface area contributed by atoms with Crippen LogP contribution in [0.2, 0.25) is 0 Å². The van der Waals surface area contributed by atoms with Gasteiger partial charge in [-0.1, -0.05) is 12.1 Å². The molecule has 1 atom stereocenters. The van der Waals surface area contributed by atoms with Gasteiger partial charge in [0.15, 0.2) is 6.10 Å². The lowest BCUT2D eigenvalue weighted by Crippen LogP contribution is -2.36. The average molecular weight is 325 g/mol. The molecule has 7 heteroatoms. The minimum atomic E-state index is -0.596. The summed E-state index contributed by atoms with van der Waals surface area (Å²) >= 11 is 3.36. The van der Waals surface area contributed by atoms with Gasteiger partial charge in [0.1, 0.15) is 17.9 Å². The van der Waals surface area contributed by atoms with Gasteiger partial charge in [0.2, 0.25) is 0 Å². The Morgan fingerprint density at radius 1 is 1.53 bits per heavy atom. The van der Waals surface area contributed by atoms with Gasteiger partial charge in [0.25, 0.3) is 5.91 Å². The Balaban J connectivity index is 1.87. The number of H-pyrrole nitrogens is 1. The van der Waals surface area contributed by atoms with Crippen LogP contribution in [0.15, 0.2) is 35.1 Å². The lowest BCUT2D eigenvalue weighted by Gasteiger charge is -2.15. The summed E-state index contributed by atoms with van der Waals surface area (Å²) in [6.07, 6.45) is 0.796. The molecule has 0 aliphatic heterocycles. The molecule has 1 heterocycles. The molecule has 0 unspecified atom stereocenters. The number of aromatic amines is 1. The third-order valence-corrected chi connectivity index (χ3v) is 3.06. The highest BCUT2D eigenvalue weighted by molar-refractivity contribution is 9.10. The molecule has 19 heavy (non-hydrogen) atoms. The summed E-state index contributed by atoms with van der Waals surface area (Å²) in [5.74, 6) is 1.01. The predicted molar refractivity (Wildman–Crippen MR) is 72.5 cm³/mol. The standard InChI is InChI=1S/C12H13BrN4O2/c1-8(19-10-5-3-2-4-9(10)13)12(18)14-6-11-15-7-16-17-11/h2-5,7-8H,6H2,1H3,(H,14,18)(H,15,16,17)/t8-/m0/s1. The Morgan fingerprint density at radius 2 is 2.32 bits per heavy atom. The molecule has 6 nitrogen and oxygen atoms in total. The molecule has 0 aliphatic rings. The number of ether oxygens (including phenoxy) is 1. The Hall–Kier alpha value is -1.89. The van der Waals surface area contributed by atoms with Crippen molar-refractivity contribution in [3.8, 4) is 5.75 Å². The third kappa shape index (κ3) is 3.78. The fraction of sp³-hybridized carbons (Fsp3) is 0.250. The quantitative estimate of drug-likeness (QED) is 0.876. The van der Waals surface area contributed by atoms with Crippen molar-refractivity contribution in [1.82, 2.24) is 20.5 Å². The first-order valence-corrected chi connectivity index (χ1v) is 6.49. The molecule has 2 aromatic rings. The molecule has 100 valence electrons. The molecule has 0 spiro atoms. The summed E-state index contributed by atoms with van der Waals surface area (Å²) in [5.41, 5.74) is 0. The van der Waals surface area contributed by atoms with Crippen LogP contribution in [0.1, 0.15) is 12.7 Å². The minimum absolute atomic E-state index is 0.216. The number of amides is 1. The molecule has 2 rings (SSSR count). The monoisotopic (exact) mass is 324 g/mol. The molecule has 0 bridgehead atoms. The fourth-order valence-electron chi connectivity index (χ4n) is 1.41. The summed E-state index contributed by atoms with van der Waals surface area (Å²) in [4.78, 5) is 15.8. The summed E-state index contributed by atoms with van der Waals surface area (Å²) < 4.78 is 6.38. The second kappa shape index (κ2) is 6.33. The van der Waals surface area contributed by atoms with Gasteiger partial charge in [-0.15, -0.1) is 0 Å². The van der Waals surface area contributed by atoms with Crippen LogP contribution in [0.5, 0.6) is 5.75 Å². The number of hydrogen-bond donors (Lipinski definition) is 2. The Labute approximate surface area is 118 Å². The minimum Gasteiger partial charge on any atom is -0.480 e. The van der Waals surface area contributed by atoms with Crippen molar-refractivity contribution in [2.75, 3.05) is 0 Å². The molecule has 2 N–H and O–H groups in total. The van der Waals surface area contributed by atoms with Gasteiger partial charge < -0.3 is 10.1 Å². The molecular formula is C12H13BrN4O2. The SMILES string of the molecule is C[C@H](Oc1ccccc1Br)C(=O)NCc1ncn[nH]1. The van der Waals surface area contributed by atoms with Crippen molar-refractivity contribution in [3.63, 3.8) is 0 Å². The first-order chi connectivity index (χ1) is 9.16. The van der Waals surface area contributed by atoms with E-state index in [-0.39, 0.29) is 5.91 Å². The Kier molecular flexibility index (Phi) is 4.51. The van der Waals surface area contributed by atoms with E-state index in [1.807, 2.05) is 18.2 Å². The largest absolute Gasteiger partial charge is 0.480 e. The van der Waals surface area contributed by atoms with Gasteiger partial charge in [0.05, 0.1) is 11.0 Å². The number of hydrogen-bond acceptors (Lipinski definition) is 4. The van der Waals surface area contributed by atoms with Crippen LogP contribution in [0, 0.1) is 0 Å². The van der Waals surface area contributed by atoms with Gasteiger partial charge in [0, 0.05) is 0 Å². The lowest BCUT2D eigenvalue weighted by molar-refractivity contribution is -0.127. The second-order valence-corrected chi connectivity index (χ2v) is 4.69. The van der Waals surface area contributed by atoms with E-state index < -0.39 is 6.10 Å². The van der Waals surface area contributed by atoms with Crippen molar-refractivity contribution >= 4 is 21.8 Å². The maximum absolute atomic E-state index is 11.8. The number of benzene rings is 1. The first-order valence-electron chi connectivity index (χ1n) is 5.70. The van der Waals surface area contributed by atoms with Crippen molar-refractivity contribution in [1.29, 1.82) is 0 Å². The number of nitrogens with zero attached hydrogens (tertiary/aromatic N) is 2. The van der Waals surface area contributed by atoms with Crippen LogP contribution < -0.4 is 10.1 Å². The Morgan fingerprint density at radius 3 is 3.00 bits per heavy atom. The zero-order chi connectivity index (χ0) is 13.7. The van der Waals surface area contributed by atoms with Crippen LogP contribution in [0.4, 0.5) is 0 Å². The molecule has 1 amide bonds. The third-order valence-electron chi connectivity index (χ3n) is 2.40. The van der Waals surface area contributed by atoms with Crippen molar-refractivity contribution < 1.29 is 9.53 Å². The molecule has 0 fully saturated rings. The van der Waals surface area contributed by atoms with Crippen LogP contribution in [-0.2, 0) is 11.3 Å². The van der Waals surface area contributed by atoms with Crippen LogP contribution in [0.25, 0.3) is 0 Å². The summed E-state index contributed by atoms with van der Waals surface area (Å²) in [7, 11) is 0. The van der Waals surface area contributed by atoms with Crippen molar-refractivity contribution in [3.05, 3.63) is 40.9 Å². The van der Waals surface area contributed by atoms with E-state index in [9.17, 15) is 4.79 Å². The van der Waals surface area contributed by atoms with Crippen molar-refractivity contribution in [2.45, 2.75) is 19.6 Å². The highest BCUT2D eigenvalue weighted by Crippen LogP contribution is 2.24. The number of nitrogens with one attached hydrogen (secondary N) is 2. The molecule has 0 aliphatic carbocycles. The number of aromatic nitrogens is 3. The highest BCUT2D eigenvalue weighted by Gasteiger charge is 2.15. The lowest BCUT2D eigenvalue weighted by atomic mass is 10.3. The first kappa shape index (κ1) is 13.5. The maximum atomic E-state index is 11.8. The predicted octanol–water partition coefficient (Wildman–Crippen LogP) is 1.65. The normalized spacial score (nSPS) is 11.9. The van der Waals surface area contributed by atoms with Crippen LogP contribution >= 0.6 is 15.9 Å². The fourth-order valence-corrected chi connectivity index (χ4v) is 1.79. The molecular weight excluding hydrogens is 312 g/mol. The summed E-state index contributed by atoms with van der Waals surface area (Å²) in [5, 5.41) is 9.08. The van der Waals surface area contributed by atoms with Crippen molar-refractivity contribution in [2.24, 2.45) is 0 Å². The summed E-state index contributed by atoms with van der Waals surface area (Å²) in [6, 6.07) is 7.38. The van der Waals surface area contributed by atoms with Gasteiger partial charge >= 0.3 is 0 Å². The number of para-hydroxylation sites is 1. The Bertz CT molecular complexity index is 544. The summed E-state index contributed by atoms with van der Waals surface area (Å²) in [6.45, 7) is 1.98. The second-order valence-electron chi connectivity index (χ2n) is 3.84. The molecule has 1 aromatic heterocycles. The zero-order valence-corrected chi connectivity index (χ0v) is 11.8. The van der Waals surface area contributed by atoms with E-state index in [4.69, 9.17) is 4.74 Å². The van der Waals surface area contributed by atoms with E-state index in [0.29, 0.717) is 18.1 Å². The number of carbonyl (C=O) groups excluding carboxylic acids is 1. The van der Waals surface area contributed by atoms with Crippen LogP contribution in [0.3, 0.4) is 0 Å². The van der Waals surface area contributed by atoms with Gasteiger partial charge in [-0.25, -0.2) is 4.98 Å². The van der Waals surface area contributed by atoms with Crippen LogP contribution in [-0.4, -0.2) is 27.2 Å². The van der Waals surface area contributed by atoms with E-state index in [0.717, 1.165) is 4.47 Å². The molecule has 0 saturated carbocycles. The smallest absolute Gasteiger partial charge is 0.261 e. The number of halogens is 1. The highest BCUT2D eigenvalue weighted by atomic mass is 79.9. The van der Waals surface area contributed by atoms with Gasteiger partial charge in [-0.3, -0.25) is 9.89 Å². The number of rotatable bonds is 5. The van der Waals surface area contributed by atoms with E-state index in [1.54, 1.807) is 13.0 Å². The molecule has 1 aromatic carbocycles. The van der Waals surface area contributed by atoms with E-state index >= 15 is 0 Å². The topological polar surface area (TPSA) is 79.9 Å². The zero-order valence-electron chi connectivity index (χ0n) is 10.3. The van der Waals surface area contributed by atoms with E-state index in [1.165, 1.54) is 6.33 Å². The number of carbonyl (C=O) groups is 1. The maximum Gasteiger partial charge on any atom is 0.261 e. The van der Waals surface area contributed by atoms with Gasteiger partial charge in [-0.05, 0) is 35.0 Å². The average Bonchev–Trinajstić information content (AvgIpc) is 2.91. The molecule has 0 saturated heterocycles. The van der Waals surface area contributed by atoms with E-state index in [2.05, 4.69) is 36.4 Å².